The Morgan fingerprint density at radius 2 is 1.97 bits per heavy atom. The fourth-order valence-electron chi connectivity index (χ4n) is 4.56. The third-order valence-electron chi connectivity index (χ3n) is 6.37. The van der Waals surface area contributed by atoms with Gasteiger partial charge in [0.1, 0.15) is 5.82 Å². The summed E-state index contributed by atoms with van der Waals surface area (Å²) in [5.74, 6) is 1.49. The first-order valence-corrected chi connectivity index (χ1v) is 15.1. The van der Waals surface area contributed by atoms with Gasteiger partial charge in [0.2, 0.25) is 21.1 Å². The number of carbonyl (C=O) groups is 1. The van der Waals surface area contributed by atoms with Crippen molar-refractivity contribution < 1.29 is 13.2 Å². The second-order valence-electron chi connectivity index (χ2n) is 8.72. The lowest BCUT2D eigenvalue weighted by atomic mass is 9.97. The first-order valence-electron chi connectivity index (χ1n) is 11.9. The topological polar surface area (TPSA) is 108 Å². The van der Waals surface area contributed by atoms with Gasteiger partial charge in [0, 0.05) is 31.6 Å². The molecule has 3 aromatic rings. The van der Waals surface area contributed by atoms with Crippen LogP contribution in [0.3, 0.4) is 0 Å². The molecule has 2 fully saturated rings. The summed E-state index contributed by atoms with van der Waals surface area (Å²) in [5, 5.41) is 12.4. The van der Waals surface area contributed by atoms with Gasteiger partial charge >= 0.3 is 0 Å². The maximum Gasteiger partial charge on any atom is 0.243 e. The number of hydrogen-bond acceptors (Lipinski definition) is 9. The molecule has 12 heteroatoms. The van der Waals surface area contributed by atoms with Crippen LogP contribution in [-0.2, 0) is 14.8 Å². The molecule has 0 saturated carbocycles. The Bertz CT molecular complexity index is 1320. The van der Waals surface area contributed by atoms with Crippen LogP contribution in [0.1, 0.15) is 32.6 Å². The highest BCUT2D eigenvalue weighted by atomic mass is 32.2. The third kappa shape index (κ3) is 5.30. The molecule has 1 N–H and O–H groups in total. The minimum Gasteiger partial charge on any atom is -0.356 e. The van der Waals surface area contributed by atoms with Crippen LogP contribution < -0.4 is 10.2 Å². The molecule has 1 amide bonds. The maximum atomic E-state index is 12.9. The van der Waals surface area contributed by atoms with Crippen LogP contribution in [0.15, 0.2) is 39.6 Å². The Morgan fingerprint density at radius 3 is 2.77 bits per heavy atom. The zero-order valence-electron chi connectivity index (χ0n) is 19.5. The van der Waals surface area contributed by atoms with E-state index in [9.17, 15) is 13.2 Å². The lowest BCUT2D eigenvalue weighted by molar-refractivity contribution is -0.120. The molecule has 2 saturated heterocycles. The van der Waals surface area contributed by atoms with Crippen LogP contribution in [0.25, 0.3) is 10.9 Å². The molecule has 4 heterocycles. The van der Waals surface area contributed by atoms with Gasteiger partial charge in [0.05, 0.1) is 16.3 Å². The largest absolute Gasteiger partial charge is 0.356 e. The van der Waals surface area contributed by atoms with Crippen LogP contribution in [0, 0.1) is 5.92 Å². The highest BCUT2D eigenvalue weighted by Gasteiger charge is 2.29. The molecule has 1 unspecified atom stereocenters. The summed E-state index contributed by atoms with van der Waals surface area (Å²) in [6, 6.07) is 8.95. The van der Waals surface area contributed by atoms with Crippen molar-refractivity contribution in [2.24, 2.45) is 5.92 Å². The predicted molar refractivity (Wildman–Crippen MR) is 140 cm³/mol. The molecule has 186 valence electrons. The van der Waals surface area contributed by atoms with Gasteiger partial charge in [0.15, 0.2) is 4.34 Å². The molecule has 1 aromatic carbocycles. The summed E-state index contributed by atoms with van der Waals surface area (Å²) >= 11 is 3.00. The average Bonchev–Trinajstić information content (AvgIpc) is 3.57. The number of aromatic nitrogens is 3. The van der Waals surface area contributed by atoms with Crippen LogP contribution in [0.4, 0.5) is 10.9 Å². The number of nitrogens with one attached hydrogen (secondary N) is 1. The summed E-state index contributed by atoms with van der Waals surface area (Å²) in [6.45, 7) is 4.61. The summed E-state index contributed by atoms with van der Waals surface area (Å²) in [4.78, 5) is 20.1. The molecule has 9 nitrogen and oxygen atoms in total. The summed E-state index contributed by atoms with van der Waals surface area (Å²) < 4.78 is 28.2. The van der Waals surface area contributed by atoms with Crippen molar-refractivity contribution in [3.63, 3.8) is 0 Å². The molecule has 0 aliphatic carbocycles. The van der Waals surface area contributed by atoms with Gasteiger partial charge in [-0.25, -0.2) is 13.4 Å². The number of nitrogens with zero attached hydrogens (tertiary/aromatic N) is 5. The minimum atomic E-state index is -3.46. The second-order valence-corrected chi connectivity index (χ2v) is 13.1. The molecule has 2 aromatic heterocycles. The lowest BCUT2D eigenvalue weighted by Crippen LogP contribution is -2.41. The van der Waals surface area contributed by atoms with Crippen molar-refractivity contribution in [3.05, 3.63) is 30.3 Å². The van der Waals surface area contributed by atoms with Crippen LogP contribution in [0.5, 0.6) is 0 Å². The normalized spacial score (nSPS) is 19.3. The van der Waals surface area contributed by atoms with E-state index in [-0.39, 0.29) is 11.8 Å². The zero-order chi connectivity index (χ0) is 24.4. The van der Waals surface area contributed by atoms with Crippen molar-refractivity contribution in [1.82, 2.24) is 19.5 Å². The molecule has 2 aliphatic heterocycles. The van der Waals surface area contributed by atoms with Gasteiger partial charge in [-0.3, -0.25) is 4.79 Å². The monoisotopic (exact) mass is 532 g/mol. The van der Waals surface area contributed by atoms with E-state index in [4.69, 9.17) is 4.98 Å². The molecule has 0 bridgehead atoms. The first-order chi connectivity index (χ1) is 16.9. The number of pyridine rings is 1. The second kappa shape index (κ2) is 10.4. The summed E-state index contributed by atoms with van der Waals surface area (Å²) in [5.41, 5.74) is 0.740. The third-order valence-corrected chi connectivity index (χ3v) is 10.1. The Balaban J connectivity index is 1.29. The standard InChI is InChI=1S/C23H28N6O3S3/c1-2-33-23-27-26-22(34-23)25-21(30)17-6-5-11-28(15-17)20-10-7-16-14-18(8-9-19(16)24-20)35(31,32)29-12-3-4-13-29/h7-10,14,17H,2-6,11-13,15H2,1H3,(H,25,26,30). The average molecular weight is 533 g/mol. The Morgan fingerprint density at radius 1 is 1.14 bits per heavy atom. The molecule has 0 spiro atoms. The number of sulfonamides is 1. The van der Waals surface area contributed by atoms with Gasteiger partial charge in [0.25, 0.3) is 0 Å². The maximum absolute atomic E-state index is 12.9. The molecular weight excluding hydrogens is 504 g/mol. The highest BCUT2D eigenvalue weighted by Crippen LogP contribution is 2.29. The van der Waals surface area contributed by atoms with E-state index in [2.05, 4.69) is 27.3 Å². The number of carbonyl (C=O) groups excluding carboxylic acids is 1. The van der Waals surface area contributed by atoms with Gasteiger partial charge in [-0.15, -0.1) is 10.2 Å². The lowest BCUT2D eigenvalue weighted by Gasteiger charge is -2.32. The van der Waals surface area contributed by atoms with Gasteiger partial charge in [-0.05, 0) is 61.8 Å². The minimum absolute atomic E-state index is 0.0450. The smallest absolute Gasteiger partial charge is 0.243 e. The number of rotatable bonds is 7. The number of amides is 1. The van der Waals surface area contributed by atoms with Crippen molar-refractivity contribution >= 4 is 60.9 Å². The van der Waals surface area contributed by atoms with E-state index < -0.39 is 10.0 Å². The number of benzene rings is 1. The van der Waals surface area contributed by atoms with Crippen LogP contribution in [0.2, 0.25) is 0 Å². The van der Waals surface area contributed by atoms with E-state index in [1.165, 1.54) is 11.3 Å². The Kier molecular flexibility index (Phi) is 7.24. The zero-order valence-corrected chi connectivity index (χ0v) is 22.0. The molecule has 0 radical (unpaired) electrons. The fraction of sp³-hybridized carbons (Fsp3) is 0.478. The quantitative estimate of drug-likeness (QED) is 0.361. The molecule has 1 atom stereocenters. The first kappa shape index (κ1) is 24.4. The van der Waals surface area contributed by atoms with E-state index >= 15 is 0 Å². The number of piperidine rings is 1. The number of anilines is 2. The van der Waals surface area contributed by atoms with Crippen molar-refractivity contribution in [2.75, 3.05) is 42.1 Å². The Labute approximate surface area is 213 Å². The molecule has 2 aliphatic rings. The van der Waals surface area contributed by atoms with E-state index in [0.29, 0.717) is 29.7 Å². The summed E-state index contributed by atoms with van der Waals surface area (Å²) in [7, 11) is -3.46. The van der Waals surface area contributed by atoms with Crippen LogP contribution >= 0.6 is 23.1 Å². The van der Waals surface area contributed by atoms with Gasteiger partial charge in [-0.2, -0.15) is 4.31 Å². The van der Waals surface area contributed by atoms with Crippen molar-refractivity contribution in [3.8, 4) is 0 Å². The van der Waals surface area contributed by atoms with Gasteiger partial charge in [-0.1, -0.05) is 30.0 Å². The molecular formula is C23H28N6O3S3. The van der Waals surface area contributed by atoms with E-state index in [1.54, 1.807) is 34.3 Å². The summed E-state index contributed by atoms with van der Waals surface area (Å²) in [6.07, 6.45) is 3.51. The van der Waals surface area contributed by atoms with Gasteiger partial charge < -0.3 is 10.2 Å². The Hall–Kier alpha value is -2.28. The number of fused-ring (bicyclic) bond motifs is 1. The number of thioether (sulfide) groups is 1. The van der Waals surface area contributed by atoms with Crippen molar-refractivity contribution in [1.29, 1.82) is 0 Å². The predicted octanol–water partition coefficient (Wildman–Crippen LogP) is 3.84. The SMILES string of the molecule is CCSc1nnc(NC(=O)C2CCCN(c3ccc4cc(S(=O)(=O)N5CCCC5)ccc4n3)C2)s1. The molecule has 35 heavy (non-hydrogen) atoms. The van der Waals surface area contributed by atoms with E-state index in [0.717, 1.165) is 59.0 Å². The van der Waals surface area contributed by atoms with Crippen LogP contribution in [-0.4, -0.2) is 65.7 Å². The van der Waals surface area contributed by atoms with Crippen molar-refractivity contribution in [2.45, 2.75) is 41.8 Å². The number of hydrogen-bond donors (Lipinski definition) is 1. The van der Waals surface area contributed by atoms with E-state index in [1.807, 2.05) is 12.1 Å². The molecule has 5 rings (SSSR count). The fourth-order valence-corrected chi connectivity index (χ4v) is 7.76. The highest BCUT2D eigenvalue weighted by molar-refractivity contribution is 8.01.